The van der Waals surface area contributed by atoms with Crippen LogP contribution in [-0.4, -0.2) is 45.1 Å². The van der Waals surface area contributed by atoms with Crippen molar-refractivity contribution in [2.75, 3.05) is 11.1 Å². The van der Waals surface area contributed by atoms with E-state index in [1.54, 1.807) is 29.7 Å². The summed E-state index contributed by atoms with van der Waals surface area (Å²) < 4.78 is 12.8. The predicted octanol–water partition coefficient (Wildman–Crippen LogP) is 5.61. The van der Waals surface area contributed by atoms with Crippen LogP contribution in [0.3, 0.4) is 0 Å². The number of carboxylic acids is 1. The average molecular weight is 609 g/mol. The maximum Gasteiger partial charge on any atom is 0.336 e. The number of benzene rings is 3. The van der Waals surface area contributed by atoms with E-state index in [9.17, 15) is 24.6 Å². The lowest BCUT2D eigenvalue weighted by atomic mass is 10.0. The van der Waals surface area contributed by atoms with Crippen molar-refractivity contribution in [1.82, 2.24) is 5.48 Å². The fourth-order valence-corrected chi connectivity index (χ4v) is 5.83. The number of nitrogens with one attached hydrogen (secondary N) is 2. The zero-order chi connectivity index (χ0) is 30.6. The molecule has 2 amide bonds. The van der Waals surface area contributed by atoms with E-state index >= 15 is 0 Å². The van der Waals surface area contributed by atoms with E-state index in [0.29, 0.717) is 48.4 Å². The summed E-state index contributed by atoms with van der Waals surface area (Å²) in [4.78, 5) is 36.0. The molecule has 3 aromatic rings. The summed E-state index contributed by atoms with van der Waals surface area (Å²) in [5.74, 6) is -1.07. The Balaban J connectivity index is 1.44. The number of aliphatic hydroxyl groups is 1. The molecule has 1 aliphatic rings. The Morgan fingerprint density at radius 1 is 0.860 bits per heavy atom. The minimum atomic E-state index is -0.983. The molecule has 0 spiro atoms. The highest BCUT2D eigenvalue weighted by atomic mass is 32.2. The van der Waals surface area contributed by atoms with Crippen LogP contribution in [0.4, 0.5) is 5.69 Å². The number of aromatic carboxylic acids is 1. The lowest BCUT2D eigenvalue weighted by Gasteiger charge is -2.36. The van der Waals surface area contributed by atoms with E-state index in [4.69, 9.17) is 14.7 Å². The second kappa shape index (κ2) is 16.2. The average Bonchev–Trinajstić information content (AvgIpc) is 3.03. The Kier molecular flexibility index (Phi) is 12.1. The molecule has 0 aromatic heterocycles. The molecule has 228 valence electrons. The molecule has 4 rings (SSSR count). The van der Waals surface area contributed by atoms with Crippen molar-refractivity contribution in [3.63, 3.8) is 0 Å². The lowest BCUT2D eigenvalue weighted by molar-refractivity contribution is -0.245. The molecule has 1 heterocycles. The number of carbonyl (C=O) groups is 3. The summed E-state index contributed by atoms with van der Waals surface area (Å²) in [7, 11) is 0. The van der Waals surface area contributed by atoms with E-state index in [1.165, 1.54) is 11.8 Å². The molecular weight excluding hydrogens is 572 g/mol. The molecule has 3 aromatic carbocycles. The number of amides is 2. The van der Waals surface area contributed by atoms with Crippen LogP contribution in [0.15, 0.2) is 77.7 Å². The number of hydroxylamine groups is 1. The summed E-state index contributed by atoms with van der Waals surface area (Å²) in [6, 6.07) is 21.7. The number of carboxylic acid groups (broad SMARTS) is 1. The van der Waals surface area contributed by atoms with E-state index in [1.807, 2.05) is 48.5 Å². The van der Waals surface area contributed by atoms with Gasteiger partial charge in [0, 0.05) is 41.2 Å². The summed E-state index contributed by atoms with van der Waals surface area (Å²) in [6.07, 6.45) is 1.62. The molecule has 10 nitrogen and oxygen atoms in total. The Hall–Kier alpha value is -3.74. The zero-order valence-electron chi connectivity index (χ0n) is 23.6. The third kappa shape index (κ3) is 9.63. The van der Waals surface area contributed by atoms with Crippen molar-refractivity contribution >= 4 is 35.2 Å². The molecule has 1 saturated heterocycles. The largest absolute Gasteiger partial charge is 0.478 e. The molecule has 0 aliphatic carbocycles. The van der Waals surface area contributed by atoms with Crippen molar-refractivity contribution in [2.24, 2.45) is 0 Å². The second-order valence-electron chi connectivity index (χ2n) is 10.2. The molecule has 5 N–H and O–H groups in total. The van der Waals surface area contributed by atoms with Crippen LogP contribution in [0, 0.1) is 0 Å². The maximum atomic E-state index is 12.5. The molecule has 1 aliphatic heterocycles. The van der Waals surface area contributed by atoms with Crippen LogP contribution in [0.25, 0.3) is 0 Å². The number of carbonyl (C=O) groups excluding carboxylic acids is 2. The fourth-order valence-electron chi connectivity index (χ4n) is 4.76. The number of anilines is 1. The maximum absolute atomic E-state index is 12.5. The normalized spacial score (nSPS) is 18.1. The Morgan fingerprint density at radius 2 is 1.60 bits per heavy atom. The van der Waals surface area contributed by atoms with Crippen molar-refractivity contribution in [1.29, 1.82) is 0 Å². The molecule has 1 fully saturated rings. The van der Waals surface area contributed by atoms with E-state index in [0.717, 1.165) is 16.7 Å². The van der Waals surface area contributed by atoms with Crippen molar-refractivity contribution < 1.29 is 39.3 Å². The molecule has 11 heteroatoms. The summed E-state index contributed by atoms with van der Waals surface area (Å²) in [6.45, 7) is -0.0564. The van der Waals surface area contributed by atoms with E-state index in [-0.39, 0.29) is 36.7 Å². The van der Waals surface area contributed by atoms with Gasteiger partial charge in [0.15, 0.2) is 6.29 Å². The van der Waals surface area contributed by atoms with Crippen LogP contribution in [-0.2, 0) is 25.7 Å². The van der Waals surface area contributed by atoms with Gasteiger partial charge in [-0.1, -0.05) is 55.0 Å². The number of hydrogen-bond donors (Lipinski definition) is 5. The predicted molar refractivity (Wildman–Crippen MR) is 161 cm³/mol. The highest BCUT2D eigenvalue weighted by molar-refractivity contribution is 7.99. The smallest absolute Gasteiger partial charge is 0.336 e. The molecule has 43 heavy (non-hydrogen) atoms. The van der Waals surface area contributed by atoms with E-state index in [2.05, 4.69) is 5.32 Å². The first kappa shape index (κ1) is 32.2. The zero-order valence-corrected chi connectivity index (χ0v) is 24.4. The highest BCUT2D eigenvalue weighted by Crippen LogP contribution is 2.40. The molecule has 0 unspecified atom stereocenters. The van der Waals surface area contributed by atoms with Crippen molar-refractivity contribution in [2.45, 2.75) is 68.5 Å². The number of unbranched alkanes of at least 4 members (excludes halogenated alkanes) is 2. The van der Waals surface area contributed by atoms with Gasteiger partial charge in [-0.25, -0.2) is 10.3 Å². The van der Waals surface area contributed by atoms with Gasteiger partial charge in [0.25, 0.3) is 0 Å². The van der Waals surface area contributed by atoms with Crippen molar-refractivity contribution in [3.05, 3.63) is 95.1 Å². The molecule has 0 radical (unpaired) electrons. The summed E-state index contributed by atoms with van der Waals surface area (Å²) in [5.41, 5.74) is 4.90. The van der Waals surface area contributed by atoms with Gasteiger partial charge in [0.1, 0.15) is 0 Å². The Labute approximate surface area is 254 Å². The number of hydrogen-bond acceptors (Lipinski definition) is 8. The minimum absolute atomic E-state index is 0.0564. The van der Waals surface area contributed by atoms with Gasteiger partial charge >= 0.3 is 5.97 Å². The number of rotatable bonds is 14. The molecule has 3 atom stereocenters. The number of ether oxygens (including phenoxy) is 2. The quantitative estimate of drug-likeness (QED) is 0.0680. The van der Waals surface area contributed by atoms with Crippen LogP contribution in [0.2, 0.25) is 0 Å². The highest BCUT2D eigenvalue weighted by Gasteiger charge is 2.32. The molecule has 0 saturated carbocycles. The first-order valence-electron chi connectivity index (χ1n) is 14.1. The SMILES string of the molecule is O=C(CCCCCC(=O)Nc1cccc([C@H]2O[C@@H](CSc3ccccc3C(=O)O)C[C@@H](c3ccc(CO)cc3)O2)c1)NO. The van der Waals surface area contributed by atoms with Crippen LogP contribution in [0.1, 0.15) is 78.0 Å². The third-order valence-electron chi connectivity index (χ3n) is 7.03. The van der Waals surface area contributed by atoms with Crippen LogP contribution >= 0.6 is 11.8 Å². The first-order chi connectivity index (χ1) is 20.9. The Morgan fingerprint density at radius 3 is 2.33 bits per heavy atom. The standard InChI is InChI=1S/C32H36N2O8S/c35-19-21-13-15-22(16-14-21)27-18-25(20-43-28-10-5-4-9-26(28)31(38)39)41-32(42-27)23-7-6-8-24(17-23)33-29(36)11-2-1-3-12-30(37)34-40/h4-10,13-17,25,27,32,35,40H,1-3,11-12,18-20H2,(H,33,36)(H,34,37)(H,38,39)/t25-,27+,32+/m1/s1. The minimum Gasteiger partial charge on any atom is -0.478 e. The summed E-state index contributed by atoms with van der Waals surface area (Å²) in [5, 5.41) is 30.5. The molecular formula is C32H36N2O8S. The first-order valence-corrected chi connectivity index (χ1v) is 15.1. The number of thioether (sulfide) groups is 1. The third-order valence-corrected chi connectivity index (χ3v) is 8.24. The van der Waals surface area contributed by atoms with Gasteiger partial charge in [-0.15, -0.1) is 11.8 Å². The van der Waals surface area contributed by atoms with E-state index < -0.39 is 18.2 Å². The van der Waals surface area contributed by atoms with Gasteiger partial charge in [-0.05, 0) is 48.2 Å². The van der Waals surface area contributed by atoms with Crippen LogP contribution < -0.4 is 10.8 Å². The van der Waals surface area contributed by atoms with Gasteiger partial charge in [0.2, 0.25) is 11.8 Å². The Bertz CT molecular complexity index is 1380. The number of aliphatic hydroxyl groups excluding tert-OH is 1. The van der Waals surface area contributed by atoms with Gasteiger partial charge < -0.3 is 25.0 Å². The van der Waals surface area contributed by atoms with Crippen molar-refractivity contribution in [3.8, 4) is 0 Å². The van der Waals surface area contributed by atoms with Gasteiger partial charge in [0.05, 0.1) is 24.4 Å². The summed E-state index contributed by atoms with van der Waals surface area (Å²) >= 11 is 1.42. The fraction of sp³-hybridized carbons (Fsp3) is 0.344. The van der Waals surface area contributed by atoms with Gasteiger partial charge in [-0.2, -0.15) is 0 Å². The second-order valence-corrected chi connectivity index (χ2v) is 11.3. The topological polar surface area (TPSA) is 154 Å². The monoisotopic (exact) mass is 608 g/mol. The molecule has 0 bridgehead atoms. The van der Waals surface area contributed by atoms with Gasteiger partial charge in [-0.3, -0.25) is 14.8 Å². The van der Waals surface area contributed by atoms with Crippen LogP contribution in [0.5, 0.6) is 0 Å². The lowest BCUT2D eigenvalue weighted by Crippen LogP contribution is -2.31.